The van der Waals surface area contributed by atoms with Gasteiger partial charge in [0, 0.05) is 18.3 Å². The largest absolute Gasteiger partial charge is 0.501 e. The van der Waals surface area contributed by atoms with Gasteiger partial charge < -0.3 is 20.5 Å². The second-order valence-electron chi connectivity index (χ2n) is 5.32. The first-order valence-electron chi connectivity index (χ1n) is 8.67. The van der Waals surface area contributed by atoms with Crippen LogP contribution in [0.4, 0.5) is 0 Å². The lowest BCUT2D eigenvalue weighted by Gasteiger charge is -2.07. The Kier molecular flexibility index (Phi) is 18.5. The molecule has 148 valence electrons. The average molecular weight is 368 g/mol. The van der Waals surface area contributed by atoms with Gasteiger partial charge in [-0.05, 0) is 32.3 Å². The summed E-state index contributed by atoms with van der Waals surface area (Å²) in [6.45, 7) is 10.4. The summed E-state index contributed by atoms with van der Waals surface area (Å²) >= 11 is 0. The molecule has 0 aliphatic rings. The van der Waals surface area contributed by atoms with Crippen molar-refractivity contribution >= 4 is 18.2 Å². The minimum absolute atomic E-state index is 0.290. The molecule has 26 heavy (non-hydrogen) atoms. The molecule has 0 atom stereocenters. The van der Waals surface area contributed by atoms with E-state index >= 15 is 0 Å². The molecule has 0 rings (SSSR count). The number of nitrogens with two attached hydrogens (primary N) is 1. The first-order chi connectivity index (χ1) is 12.4. The SMILES string of the molecule is C=CC(N)=O.CCCOC(=O)C(=COCCCNC=C(C)C=O)CCC. The lowest BCUT2D eigenvalue weighted by Crippen LogP contribution is -2.11. The van der Waals surface area contributed by atoms with E-state index in [0.29, 0.717) is 37.3 Å². The molecule has 0 aliphatic heterocycles. The fraction of sp³-hybridized carbons (Fsp3) is 0.526. The second kappa shape index (κ2) is 18.8. The fourth-order valence-corrected chi connectivity index (χ4v) is 1.45. The molecular weight excluding hydrogens is 336 g/mol. The Hall–Kier alpha value is -2.57. The summed E-state index contributed by atoms with van der Waals surface area (Å²) in [4.78, 5) is 31.6. The number of aldehydes is 1. The Morgan fingerprint density at radius 3 is 2.35 bits per heavy atom. The van der Waals surface area contributed by atoms with Crippen LogP contribution < -0.4 is 11.1 Å². The highest BCUT2D eigenvalue weighted by molar-refractivity contribution is 5.88. The summed E-state index contributed by atoms with van der Waals surface area (Å²) in [6, 6.07) is 0. The molecule has 7 heteroatoms. The zero-order chi connectivity index (χ0) is 20.2. The number of amides is 1. The van der Waals surface area contributed by atoms with Gasteiger partial charge in [0.25, 0.3) is 0 Å². The molecular formula is C19H32N2O5. The smallest absolute Gasteiger partial charge is 0.337 e. The van der Waals surface area contributed by atoms with Gasteiger partial charge in [0.2, 0.25) is 5.91 Å². The molecule has 0 aromatic heterocycles. The number of hydrogen-bond donors (Lipinski definition) is 2. The monoisotopic (exact) mass is 368 g/mol. The predicted molar refractivity (Wildman–Crippen MR) is 102 cm³/mol. The summed E-state index contributed by atoms with van der Waals surface area (Å²) in [6.07, 6.45) is 8.15. The van der Waals surface area contributed by atoms with Crippen LogP contribution in [-0.2, 0) is 23.9 Å². The normalized spacial score (nSPS) is 10.9. The van der Waals surface area contributed by atoms with Crippen LogP contribution in [0.15, 0.2) is 36.3 Å². The zero-order valence-corrected chi connectivity index (χ0v) is 16.1. The van der Waals surface area contributed by atoms with Crippen molar-refractivity contribution in [2.75, 3.05) is 19.8 Å². The summed E-state index contributed by atoms with van der Waals surface area (Å²) in [7, 11) is 0. The molecule has 0 fully saturated rings. The number of nitrogens with one attached hydrogen (secondary N) is 1. The third-order valence-electron chi connectivity index (χ3n) is 2.74. The minimum atomic E-state index is -0.481. The highest BCUT2D eigenvalue weighted by atomic mass is 16.5. The quantitative estimate of drug-likeness (QED) is 0.170. The molecule has 0 aromatic rings. The van der Waals surface area contributed by atoms with Crippen molar-refractivity contribution in [3.05, 3.63) is 36.3 Å². The van der Waals surface area contributed by atoms with E-state index < -0.39 is 5.91 Å². The van der Waals surface area contributed by atoms with Crippen molar-refractivity contribution in [3.8, 4) is 0 Å². The van der Waals surface area contributed by atoms with Gasteiger partial charge in [0.05, 0.1) is 25.0 Å². The molecule has 0 saturated carbocycles. The number of esters is 1. The molecule has 0 aromatic carbocycles. The van der Waals surface area contributed by atoms with E-state index in [0.717, 1.165) is 31.6 Å². The van der Waals surface area contributed by atoms with E-state index in [2.05, 4.69) is 17.6 Å². The molecule has 0 unspecified atom stereocenters. The van der Waals surface area contributed by atoms with Crippen LogP contribution in [0.25, 0.3) is 0 Å². The molecule has 0 saturated heterocycles. The molecule has 0 spiro atoms. The maximum atomic E-state index is 11.7. The highest BCUT2D eigenvalue weighted by Gasteiger charge is 2.10. The van der Waals surface area contributed by atoms with E-state index in [4.69, 9.17) is 9.47 Å². The van der Waals surface area contributed by atoms with Crippen molar-refractivity contribution in [1.29, 1.82) is 0 Å². The number of ether oxygens (including phenoxy) is 2. The number of carbonyl (C=O) groups excluding carboxylic acids is 3. The maximum Gasteiger partial charge on any atom is 0.337 e. The molecule has 0 radical (unpaired) electrons. The van der Waals surface area contributed by atoms with E-state index in [1.807, 2.05) is 13.8 Å². The molecule has 0 aliphatic carbocycles. The number of primary amides is 1. The maximum absolute atomic E-state index is 11.7. The van der Waals surface area contributed by atoms with Gasteiger partial charge in [-0.1, -0.05) is 26.8 Å². The Morgan fingerprint density at radius 2 is 1.85 bits per heavy atom. The van der Waals surface area contributed by atoms with E-state index in [1.54, 1.807) is 13.1 Å². The number of rotatable bonds is 13. The standard InChI is InChI=1S/C16H27NO4.C3H5NO/c1-4-7-15(16(19)21-9-5-2)13-20-10-6-8-17-11-14(3)12-18;1-2-3(4)5/h11-13,17H,4-10H2,1-3H3;2H,1H2,(H2,4,5). The van der Waals surface area contributed by atoms with Crippen molar-refractivity contribution in [2.45, 2.75) is 46.5 Å². The van der Waals surface area contributed by atoms with Crippen LogP contribution in [0.1, 0.15) is 46.5 Å². The third kappa shape index (κ3) is 17.8. The van der Waals surface area contributed by atoms with Crippen LogP contribution in [0.5, 0.6) is 0 Å². The van der Waals surface area contributed by atoms with E-state index in [-0.39, 0.29) is 5.97 Å². The first kappa shape index (κ1) is 25.7. The van der Waals surface area contributed by atoms with E-state index in [9.17, 15) is 14.4 Å². The number of hydrogen-bond acceptors (Lipinski definition) is 6. The van der Waals surface area contributed by atoms with Crippen molar-refractivity contribution < 1.29 is 23.9 Å². The van der Waals surface area contributed by atoms with Crippen LogP contribution in [0.3, 0.4) is 0 Å². The zero-order valence-electron chi connectivity index (χ0n) is 16.1. The lowest BCUT2D eigenvalue weighted by molar-refractivity contribution is -0.139. The second-order valence-corrected chi connectivity index (χ2v) is 5.32. The number of carbonyl (C=O) groups is 3. The third-order valence-corrected chi connectivity index (χ3v) is 2.74. The van der Waals surface area contributed by atoms with E-state index in [1.165, 1.54) is 6.26 Å². The fourth-order valence-electron chi connectivity index (χ4n) is 1.45. The van der Waals surface area contributed by atoms with Crippen molar-refractivity contribution in [2.24, 2.45) is 5.73 Å². The Morgan fingerprint density at radius 1 is 1.19 bits per heavy atom. The molecule has 7 nitrogen and oxygen atoms in total. The van der Waals surface area contributed by atoms with Crippen LogP contribution in [0.2, 0.25) is 0 Å². The van der Waals surface area contributed by atoms with Crippen molar-refractivity contribution in [3.63, 3.8) is 0 Å². The molecule has 1 amide bonds. The molecule has 3 N–H and O–H groups in total. The Labute approximate surface area is 156 Å². The summed E-state index contributed by atoms with van der Waals surface area (Å²) in [5, 5.41) is 3.01. The van der Waals surface area contributed by atoms with Crippen LogP contribution in [-0.4, -0.2) is 37.9 Å². The summed E-state index contributed by atoms with van der Waals surface area (Å²) in [5.74, 6) is -0.772. The van der Waals surface area contributed by atoms with Gasteiger partial charge in [0.15, 0.2) is 0 Å². The van der Waals surface area contributed by atoms with Crippen molar-refractivity contribution in [1.82, 2.24) is 5.32 Å². The summed E-state index contributed by atoms with van der Waals surface area (Å²) in [5.41, 5.74) is 5.77. The van der Waals surface area contributed by atoms with Crippen LogP contribution >= 0.6 is 0 Å². The topological polar surface area (TPSA) is 108 Å². The lowest BCUT2D eigenvalue weighted by atomic mass is 10.2. The van der Waals surface area contributed by atoms with Gasteiger partial charge in [0.1, 0.15) is 6.29 Å². The van der Waals surface area contributed by atoms with Crippen LogP contribution in [0, 0.1) is 0 Å². The van der Waals surface area contributed by atoms with Gasteiger partial charge in [-0.3, -0.25) is 9.59 Å². The molecule has 0 heterocycles. The minimum Gasteiger partial charge on any atom is -0.501 e. The number of allylic oxidation sites excluding steroid dienone is 1. The first-order valence-corrected chi connectivity index (χ1v) is 8.67. The average Bonchev–Trinajstić information content (AvgIpc) is 2.64. The van der Waals surface area contributed by atoms with Gasteiger partial charge in [-0.25, -0.2) is 4.79 Å². The highest BCUT2D eigenvalue weighted by Crippen LogP contribution is 2.08. The predicted octanol–water partition coefficient (Wildman–Crippen LogP) is 2.38. The van der Waals surface area contributed by atoms with Gasteiger partial charge in [-0.2, -0.15) is 0 Å². The Bertz CT molecular complexity index is 484. The van der Waals surface area contributed by atoms with Gasteiger partial charge >= 0.3 is 5.97 Å². The molecule has 0 bridgehead atoms. The van der Waals surface area contributed by atoms with Gasteiger partial charge in [-0.15, -0.1) is 0 Å². The summed E-state index contributed by atoms with van der Waals surface area (Å²) < 4.78 is 10.5. The Balaban J connectivity index is 0.